The lowest BCUT2D eigenvalue weighted by Crippen LogP contribution is -2.59. The lowest BCUT2D eigenvalue weighted by Gasteiger charge is -2.32. The number of aromatic amines is 1. The van der Waals surface area contributed by atoms with Crippen LogP contribution in [-0.2, 0) is 16.0 Å². The highest BCUT2D eigenvalue weighted by Crippen LogP contribution is 2.35. The molecule has 1 aromatic heterocycles. The topological polar surface area (TPSA) is 108 Å². The fraction of sp³-hybridized carbons (Fsp3) is 0.323. The molecule has 8 heteroatoms. The molecule has 0 fully saturated rings. The number of aliphatic imine (C=N–C) groups is 1. The third-order valence-electron chi connectivity index (χ3n) is 7.38. The average molecular weight is 526 g/mol. The molecule has 4 aromatic rings. The predicted molar refractivity (Wildman–Crippen MR) is 157 cm³/mol. The predicted octanol–water partition coefficient (Wildman–Crippen LogP) is 6.20. The van der Waals surface area contributed by atoms with Gasteiger partial charge in [0.15, 0.2) is 0 Å². The molecule has 4 N–H and O–H groups in total. The van der Waals surface area contributed by atoms with Crippen molar-refractivity contribution in [1.82, 2.24) is 15.6 Å². The first kappa shape index (κ1) is 26.3. The largest absolute Gasteiger partial charge is 0.444 e. The highest BCUT2D eigenvalue weighted by atomic mass is 16.6. The number of rotatable bonds is 9. The molecule has 5 rings (SSSR count). The zero-order valence-electron chi connectivity index (χ0n) is 22.9. The lowest BCUT2D eigenvalue weighted by molar-refractivity contribution is -0.127. The number of hydrogen-bond donors (Lipinski definition) is 4. The van der Waals surface area contributed by atoms with Crippen LogP contribution in [0.15, 0.2) is 71.9 Å². The maximum atomic E-state index is 13.6. The summed E-state index contributed by atoms with van der Waals surface area (Å²) in [6.45, 7) is 7.73. The van der Waals surface area contributed by atoms with Crippen LogP contribution < -0.4 is 16.0 Å². The van der Waals surface area contributed by atoms with E-state index in [2.05, 4.69) is 33.1 Å². The van der Waals surface area contributed by atoms with Crippen LogP contribution in [0.4, 0.5) is 16.2 Å². The highest BCUT2D eigenvalue weighted by molar-refractivity contribution is 6.13. The molecule has 1 unspecified atom stereocenters. The molecule has 2 heterocycles. The van der Waals surface area contributed by atoms with E-state index in [1.165, 1.54) is 0 Å². The lowest BCUT2D eigenvalue weighted by atomic mass is 9.91. The molecule has 0 saturated heterocycles. The first-order valence-corrected chi connectivity index (χ1v) is 13.4. The second-order valence-corrected chi connectivity index (χ2v) is 10.9. The number of carbonyl (C=O) groups excluding carboxylic acids is 2. The Labute approximate surface area is 228 Å². The van der Waals surface area contributed by atoms with E-state index in [1.807, 2.05) is 75.5 Å². The maximum Gasteiger partial charge on any atom is 0.408 e. The molecule has 0 saturated carbocycles. The summed E-state index contributed by atoms with van der Waals surface area (Å²) in [5.74, 6) is 0.481. The van der Waals surface area contributed by atoms with Crippen molar-refractivity contribution in [2.75, 3.05) is 11.9 Å². The molecule has 2 amide bonds. The molecule has 202 valence electrons. The van der Waals surface area contributed by atoms with Crippen molar-refractivity contribution in [3.05, 3.63) is 72.4 Å². The SMILES string of the molecule is CCC(C)(C)OC(=O)NC(C)(Cc1c[nH]c2ccccc12)C(=O)NCCC1=Nc2cccc3cccc(c23)N1. The average Bonchev–Trinajstić information content (AvgIpc) is 3.31. The van der Waals surface area contributed by atoms with E-state index in [-0.39, 0.29) is 5.91 Å². The van der Waals surface area contributed by atoms with E-state index < -0.39 is 17.2 Å². The Bertz CT molecular complexity index is 1570. The molecular weight excluding hydrogens is 490 g/mol. The first-order chi connectivity index (χ1) is 18.7. The second kappa shape index (κ2) is 10.4. The van der Waals surface area contributed by atoms with Crippen LogP contribution in [0.5, 0.6) is 0 Å². The summed E-state index contributed by atoms with van der Waals surface area (Å²) in [5.41, 5.74) is 1.93. The minimum Gasteiger partial charge on any atom is -0.444 e. The number of alkyl carbamates (subject to hydrolysis) is 1. The Morgan fingerprint density at radius 1 is 1.00 bits per heavy atom. The van der Waals surface area contributed by atoms with Gasteiger partial charge in [0.1, 0.15) is 17.0 Å². The van der Waals surface area contributed by atoms with E-state index in [9.17, 15) is 9.59 Å². The number of hydrogen-bond acceptors (Lipinski definition) is 5. The number of ether oxygens (including phenoxy) is 1. The number of benzene rings is 3. The van der Waals surface area contributed by atoms with E-state index >= 15 is 0 Å². The summed E-state index contributed by atoms with van der Waals surface area (Å²) >= 11 is 0. The quantitative estimate of drug-likeness (QED) is 0.209. The van der Waals surface area contributed by atoms with Crippen molar-refractivity contribution in [2.24, 2.45) is 4.99 Å². The van der Waals surface area contributed by atoms with Crippen molar-refractivity contribution in [3.8, 4) is 0 Å². The van der Waals surface area contributed by atoms with E-state index in [1.54, 1.807) is 6.92 Å². The summed E-state index contributed by atoms with van der Waals surface area (Å²) in [6, 6.07) is 20.1. The Morgan fingerprint density at radius 2 is 1.77 bits per heavy atom. The zero-order valence-corrected chi connectivity index (χ0v) is 22.9. The van der Waals surface area contributed by atoms with E-state index in [0.717, 1.165) is 44.4 Å². The number of anilines is 1. The van der Waals surface area contributed by atoms with Gasteiger partial charge in [-0.05, 0) is 56.3 Å². The van der Waals surface area contributed by atoms with Gasteiger partial charge in [0.05, 0.1) is 5.69 Å². The number of fused-ring (bicyclic) bond motifs is 1. The standard InChI is InChI=1S/C31H35N5O3/c1-5-30(2,3)39-29(38)36-31(4,18-21-19-33-23-13-7-6-12-22(21)23)28(37)32-17-16-26-34-24-14-8-10-20-11-9-15-25(35-26)27(20)24/h6-15,19,33H,5,16-18H2,1-4H3,(H,32,37)(H,34,35)(H,36,38). The molecule has 39 heavy (non-hydrogen) atoms. The summed E-state index contributed by atoms with van der Waals surface area (Å²) in [6.07, 6.45) is 2.71. The summed E-state index contributed by atoms with van der Waals surface area (Å²) in [4.78, 5) is 34.6. The van der Waals surface area contributed by atoms with E-state index in [4.69, 9.17) is 9.73 Å². The Hall–Kier alpha value is -4.33. The minimum atomic E-state index is -1.24. The van der Waals surface area contributed by atoms with Crippen molar-refractivity contribution in [3.63, 3.8) is 0 Å². The number of H-pyrrole nitrogens is 1. The van der Waals surface area contributed by atoms with Gasteiger partial charge in [-0.25, -0.2) is 9.79 Å². The van der Waals surface area contributed by atoms with Crippen LogP contribution in [0.3, 0.4) is 0 Å². The minimum absolute atomic E-state index is 0.291. The van der Waals surface area contributed by atoms with Gasteiger partial charge in [0, 0.05) is 47.6 Å². The number of aromatic nitrogens is 1. The Balaban J connectivity index is 1.31. The molecule has 1 aliphatic rings. The molecular formula is C31H35N5O3. The van der Waals surface area contributed by atoms with Crippen LogP contribution in [-0.4, -0.2) is 40.5 Å². The molecule has 0 bridgehead atoms. The van der Waals surface area contributed by atoms with E-state index in [0.29, 0.717) is 25.8 Å². The van der Waals surface area contributed by atoms with Crippen LogP contribution in [0.2, 0.25) is 0 Å². The Kier molecular flexibility index (Phi) is 7.04. The normalized spacial score (nSPS) is 14.3. The van der Waals surface area contributed by atoms with Crippen LogP contribution in [0.25, 0.3) is 21.7 Å². The monoisotopic (exact) mass is 525 g/mol. The van der Waals surface area contributed by atoms with Gasteiger partial charge in [0.2, 0.25) is 5.91 Å². The molecule has 0 aliphatic carbocycles. The van der Waals surface area contributed by atoms with Gasteiger partial charge < -0.3 is 25.7 Å². The molecule has 1 aliphatic heterocycles. The Morgan fingerprint density at radius 3 is 2.56 bits per heavy atom. The van der Waals surface area contributed by atoms with Crippen molar-refractivity contribution in [2.45, 2.75) is 58.1 Å². The van der Waals surface area contributed by atoms with Crippen LogP contribution in [0, 0.1) is 0 Å². The van der Waals surface area contributed by atoms with Gasteiger partial charge in [-0.3, -0.25) is 4.79 Å². The molecule has 1 atom stereocenters. The summed E-state index contributed by atoms with van der Waals surface area (Å²) in [5, 5.41) is 12.5. The van der Waals surface area contributed by atoms with Crippen molar-refractivity contribution in [1.29, 1.82) is 0 Å². The fourth-order valence-electron chi connectivity index (χ4n) is 4.87. The first-order valence-electron chi connectivity index (χ1n) is 13.4. The molecule has 3 aromatic carbocycles. The second-order valence-electron chi connectivity index (χ2n) is 10.9. The number of carbonyl (C=O) groups is 2. The fourth-order valence-corrected chi connectivity index (χ4v) is 4.87. The smallest absolute Gasteiger partial charge is 0.408 e. The molecule has 0 spiro atoms. The third-order valence-corrected chi connectivity index (χ3v) is 7.38. The van der Waals surface area contributed by atoms with Crippen LogP contribution >= 0.6 is 0 Å². The summed E-state index contributed by atoms with van der Waals surface area (Å²) < 4.78 is 5.63. The summed E-state index contributed by atoms with van der Waals surface area (Å²) in [7, 11) is 0. The van der Waals surface area contributed by atoms with Crippen LogP contribution in [0.1, 0.15) is 46.1 Å². The van der Waals surface area contributed by atoms with Gasteiger partial charge in [-0.2, -0.15) is 0 Å². The van der Waals surface area contributed by atoms with Gasteiger partial charge in [-0.15, -0.1) is 0 Å². The molecule has 0 radical (unpaired) electrons. The van der Waals surface area contributed by atoms with Gasteiger partial charge in [0.25, 0.3) is 0 Å². The number of nitrogens with one attached hydrogen (secondary N) is 4. The zero-order chi connectivity index (χ0) is 27.6. The third kappa shape index (κ3) is 5.60. The molecule has 8 nitrogen and oxygen atoms in total. The number of para-hydroxylation sites is 1. The van der Waals surface area contributed by atoms with Gasteiger partial charge in [-0.1, -0.05) is 49.4 Å². The number of nitrogens with zero attached hydrogens (tertiary/aromatic N) is 1. The van der Waals surface area contributed by atoms with Gasteiger partial charge >= 0.3 is 6.09 Å². The maximum absolute atomic E-state index is 13.6. The van der Waals surface area contributed by atoms with Crippen molar-refractivity contribution < 1.29 is 14.3 Å². The highest BCUT2D eigenvalue weighted by Gasteiger charge is 2.37. The van der Waals surface area contributed by atoms with Crippen molar-refractivity contribution >= 4 is 50.9 Å². The number of amidine groups is 1. The number of amides is 2.